The van der Waals surface area contributed by atoms with Crippen LogP contribution in [0.1, 0.15) is 30.3 Å². The van der Waals surface area contributed by atoms with Crippen LogP contribution in [0.25, 0.3) is 33.1 Å². The Morgan fingerprint density at radius 2 is 2.00 bits per heavy atom. The number of aryl methyl sites for hydroxylation is 1. The molecule has 37 heavy (non-hydrogen) atoms. The van der Waals surface area contributed by atoms with Gasteiger partial charge >= 0.3 is 0 Å². The summed E-state index contributed by atoms with van der Waals surface area (Å²) in [7, 11) is 0. The Balaban J connectivity index is 1.46. The van der Waals surface area contributed by atoms with Gasteiger partial charge in [0.05, 0.1) is 43.0 Å². The molecule has 2 aliphatic rings. The fraction of sp³-hybridized carbons (Fsp3) is 0.346. The molecular weight excluding hydrogens is 486 g/mol. The first-order chi connectivity index (χ1) is 17.7. The Kier molecular flexibility index (Phi) is 5.50. The number of carbonyl (C=O) groups excluding carboxylic acids is 1. The monoisotopic (exact) mass is 510 g/mol. The van der Waals surface area contributed by atoms with E-state index >= 15 is 0 Å². The van der Waals surface area contributed by atoms with Crippen molar-refractivity contribution in [2.24, 2.45) is 5.92 Å². The van der Waals surface area contributed by atoms with Gasteiger partial charge in [0.1, 0.15) is 11.6 Å². The van der Waals surface area contributed by atoms with Crippen molar-refractivity contribution >= 4 is 33.6 Å². The molecule has 4 aromatic rings. The summed E-state index contributed by atoms with van der Waals surface area (Å²) in [5, 5.41) is 13.1. The number of aliphatic hydroxyl groups excluding tert-OH is 1. The van der Waals surface area contributed by atoms with Crippen LogP contribution in [0.15, 0.2) is 33.5 Å². The lowest BCUT2D eigenvalue weighted by Crippen LogP contribution is -2.36. The Morgan fingerprint density at radius 3 is 2.70 bits per heavy atom. The Bertz CT molecular complexity index is 1640. The van der Waals surface area contributed by atoms with Gasteiger partial charge in [0.15, 0.2) is 11.1 Å². The molecule has 3 heterocycles. The highest BCUT2D eigenvalue weighted by atomic mass is 19.1. The third-order valence-electron chi connectivity index (χ3n) is 7.10. The number of nitrogens with one attached hydrogen (secondary N) is 1. The fourth-order valence-corrected chi connectivity index (χ4v) is 5.01. The molecule has 1 amide bonds. The van der Waals surface area contributed by atoms with Crippen molar-refractivity contribution < 1.29 is 27.8 Å². The van der Waals surface area contributed by atoms with E-state index in [9.17, 15) is 23.5 Å². The van der Waals surface area contributed by atoms with Crippen molar-refractivity contribution in [3.63, 3.8) is 0 Å². The zero-order valence-corrected chi connectivity index (χ0v) is 19.9. The molecule has 6 rings (SSSR count). The van der Waals surface area contributed by atoms with Crippen LogP contribution in [0.2, 0.25) is 0 Å². The lowest BCUT2D eigenvalue weighted by Gasteiger charge is -2.16. The summed E-state index contributed by atoms with van der Waals surface area (Å²) in [4.78, 5) is 30.3. The number of benzene rings is 2. The third-order valence-corrected chi connectivity index (χ3v) is 7.10. The predicted molar refractivity (Wildman–Crippen MR) is 131 cm³/mol. The molecule has 11 heteroatoms. The zero-order valence-electron chi connectivity index (χ0n) is 19.9. The molecule has 2 fully saturated rings. The van der Waals surface area contributed by atoms with E-state index in [-0.39, 0.29) is 59.6 Å². The Morgan fingerprint density at radius 1 is 1.22 bits per heavy atom. The van der Waals surface area contributed by atoms with E-state index in [1.807, 2.05) is 0 Å². The topological polar surface area (TPSA) is 133 Å². The summed E-state index contributed by atoms with van der Waals surface area (Å²) in [6.45, 7) is 1.90. The predicted octanol–water partition coefficient (Wildman–Crippen LogP) is 2.94. The van der Waals surface area contributed by atoms with Gasteiger partial charge in [0.25, 0.3) is 5.56 Å². The number of nitrogens with two attached hydrogens (primary N) is 1. The van der Waals surface area contributed by atoms with Crippen LogP contribution >= 0.6 is 0 Å². The number of nitrogens with zero attached hydrogens (tertiary/aromatic N) is 2. The van der Waals surface area contributed by atoms with Crippen molar-refractivity contribution in [1.82, 2.24) is 14.9 Å². The van der Waals surface area contributed by atoms with Gasteiger partial charge in [-0.1, -0.05) is 6.07 Å². The first-order valence-corrected chi connectivity index (χ1v) is 12.0. The van der Waals surface area contributed by atoms with Crippen LogP contribution in [0.3, 0.4) is 0 Å². The van der Waals surface area contributed by atoms with Gasteiger partial charge in [0.2, 0.25) is 11.8 Å². The average molecular weight is 510 g/mol. The van der Waals surface area contributed by atoms with Gasteiger partial charge < -0.3 is 29.9 Å². The SMILES string of the molecule is Cc1c(-c2cc(F)c(N)cc2F)ccc2c3oc(CNC(=O)C4COCC4O)nc3c(=O)n(C3CC3)c12. The quantitative estimate of drug-likeness (QED) is 0.352. The minimum Gasteiger partial charge on any atom is -0.438 e. The van der Waals surface area contributed by atoms with E-state index in [1.54, 1.807) is 23.6 Å². The normalized spacial score (nSPS) is 19.7. The maximum absolute atomic E-state index is 14.8. The minimum absolute atomic E-state index is 0.0370. The Labute approximate surface area is 208 Å². The number of hydrogen-bond donors (Lipinski definition) is 3. The summed E-state index contributed by atoms with van der Waals surface area (Å²) < 4.78 is 41.7. The molecule has 2 unspecified atom stereocenters. The summed E-state index contributed by atoms with van der Waals surface area (Å²) in [5.74, 6) is -2.34. The standard InChI is InChI=1S/C26H24F2N4O5/c1-11-13(15-6-18(28)19(29)7-17(15)27)4-5-14-23(11)32(12-2-3-12)26(35)22-24(14)37-21(31-22)8-30-25(34)16-9-36-10-20(16)33/h4-7,12,16,20,33H,2-3,8-10,29H2,1H3,(H,30,34). The molecule has 192 valence electrons. The van der Waals surface area contributed by atoms with Crippen molar-refractivity contribution in [3.05, 3.63) is 57.7 Å². The largest absolute Gasteiger partial charge is 0.438 e. The molecule has 0 radical (unpaired) electrons. The van der Waals surface area contributed by atoms with E-state index in [0.717, 1.165) is 25.0 Å². The van der Waals surface area contributed by atoms with Gasteiger partial charge in [0, 0.05) is 23.1 Å². The molecular formula is C26H24F2N4O5. The summed E-state index contributed by atoms with van der Waals surface area (Å²) >= 11 is 0. The van der Waals surface area contributed by atoms with E-state index < -0.39 is 29.6 Å². The molecule has 0 bridgehead atoms. The lowest BCUT2D eigenvalue weighted by atomic mass is 9.96. The van der Waals surface area contributed by atoms with Crippen molar-refractivity contribution in [1.29, 1.82) is 0 Å². The molecule has 1 saturated carbocycles. The zero-order chi connectivity index (χ0) is 26.0. The number of rotatable bonds is 5. The molecule has 2 aromatic carbocycles. The van der Waals surface area contributed by atoms with Gasteiger partial charge in [-0.05, 0) is 43.0 Å². The highest BCUT2D eigenvalue weighted by molar-refractivity contribution is 6.04. The van der Waals surface area contributed by atoms with Gasteiger partial charge in [-0.2, -0.15) is 0 Å². The van der Waals surface area contributed by atoms with Crippen molar-refractivity contribution in [2.75, 3.05) is 18.9 Å². The smallest absolute Gasteiger partial charge is 0.281 e. The molecule has 1 aliphatic carbocycles. The molecule has 1 aliphatic heterocycles. The maximum Gasteiger partial charge on any atom is 0.281 e. The lowest BCUT2D eigenvalue weighted by molar-refractivity contribution is -0.127. The molecule has 2 aromatic heterocycles. The number of amides is 1. The highest BCUT2D eigenvalue weighted by Crippen LogP contribution is 2.41. The molecule has 9 nitrogen and oxygen atoms in total. The van der Waals surface area contributed by atoms with Crippen LogP contribution < -0.4 is 16.6 Å². The summed E-state index contributed by atoms with van der Waals surface area (Å²) in [5.41, 5.74) is 6.89. The first-order valence-electron chi connectivity index (χ1n) is 12.0. The first kappa shape index (κ1) is 23.6. The number of aliphatic hydroxyl groups is 1. The number of aromatic nitrogens is 2. The average Bonchev–Trinajstić information content (AvgIpc) is 3.45. The number of fused-ring (bicyclic) bond motifs is 3. The number of carbonyl (C=O) groups is 1. The van der Waals surface area contributed by atoms with Crippen LogP contribution in [-0.4, -0.2) is 39.9 Å². The third kappa shape index (κ3) is 3.85. The molecule has 1 saturated heterocycles. The van der Waals surface area contributed by atoms with Gasteiger partial charge in [-0.25, -0.2) is 13.8 Å². The Hall–Kier alpha value is -3.83. The minimum atomic E-state index is -0.880. The van der Waals surface area contributed by atoms with E-state index in [2.05, 4.69) is 10.3 Å². The van der Waals surface area contributed by atoms with Crippen molar-refractivity contribution in [3.8, 4) is 11.1 Å². The molecule has 2 atom stereocenters. The second-order valence-electron chi connectivity index (χ2n) is 9.61. The highest BCUT2D eigenvalue weighted by Gasteiger charge is 2.33. The van der Waals surface area contributed by atoms with Gasteiger partial charge in [-0.3, -0.25) is 9.59 Å². The second-order valence-corrected chi connectivity index (χ2v) is 9.61. The maximum atomic E-state index is 14.8. The van der Waals surface area contributed by atoms with E-state index in [0.29, 0.717) is 22.0 Å². The number of halogens is 2. The molecule has 4 N–H and O–H groups in total. The van der Waals surface area contributed by atoms with E-state index in [4.69, 9.17) is 14.9 Å². The van der Waals surface area contributed by atoms with E-state index in [1.165, 1.54) is 0 Å². The van der Waals surface area contributed by atoms with Crippen LogP contribution in [0.5, 0.6) is 0 Å². The number of pyridine rings is 1. The number of hydrogen-bond acceptors (Lipinski definition) is 7. The van der Waals surface area contributed by atoms with Crippen LogP contribution in [-0.2, 0) is 16.1 Å². The van der Waals surface area contributed by atoms with Gasteiger partial charge in [-0.15, -0.1) is 0 Å². The number of oxazole rings is 1. The molecule has 0 spiro atoms. The summed E-state index contributed by atoms with van der Waals surface area (Å²) in [6, 6.07) is 5.31. The fourth-order valence-electron chi connectivity index (χ4n) is 5.01. The van der Waals surface area contributed by atoms with Crippen molar-refractivity contribution in [2.45, 2.75) is 38.5 Å². The second kappa shape index (κ2) is 8.63. The number of anilines is 1. The number of nitrogen functional groups attached to an aromatic ring is 1. The van der Waals surface area contributed by atoms with Crippen LogP contribution in [0, 0.1) is 24.5 Å². The van der Waals surface area contributed by atoms with Crippen LogP contribution in [0.4, 0.5) is 14.5 Å². The summed E-state index contributed by atoms with van der Waals surface area (Å²) in [6.07, 6.45) is 0.735. The number of ether oxygens (including phenoxy) is 1.